The summed E-state index contributed by atoms with van der Waals surface area (Å²) in [7, 11) is 2.08. The molecule has 1 unspecified atom stereocenters. The van der Waals surface area contributed by atoms with Gasteiger partial charge in [-0.2, -0.15) is 0 Å². The van der Waals surface area contributed by atoms with Crippen LogP contribution in [-0.4, -0.2) is 7.05 Å². The summed E-state index contributed by atoms with van der Waals surface area (Å²) in [6.45, 7) is 11.6. The molecule has 28 heavy (non-hydrogen) atoms. The molecule has 0 heterocycles. The second kappa shape index (κ2) is 14.3. The molecule has 2 aliphatic rings. The van der Waals surface area contributed by atoms with E-state index in [0.717, 1.165) is 5.92 Å². The molecular formula is C27H51N. The highest BCUT2D eigenvalue weighted by molar-refractivity contribution is 5.14. The predicted octanol–water partition coefficient (Wildman–Crippen LogP) is 8.95. The Morgan fingerprint density at radius 3 is 2.04 bits per heavy atom. The molecule has 0 aliphatic heterocycles. The third-order valence-corrected chi connectivity index (χ3v) is 6.99. The number of rotatable bonds is 9. The van der Waals surface area contributed by atoms with Gasteiger partial charge in [0.05, 0.1) is 0 Å². The van der Waals surface area contributed by atoms with Crippen LogP contribution >= 0.6 is 0 Å². The molecule has 164 valence electrons. The minimum absolute atomic E-state index is 0.514. The molecule has 1 heteroatoms. The molecule has 1 atom stereocenters. The quantitative estimate of drug-likeness (QED) is 0.306. The Labute approximate surface area is 177 Å². The van der Waals surface area contributed by atoms with Crippen molar-refractivity contribution in [3.63, 3.8) is 0 Å². The van der Waals surface area contributed by atoms with Crippen LogP contribution in [0.3, 0.4) is 0 Å². The average Bonchev–Trinajstić information content (AvgIpc) is 2.94. The Bertz CT molecular complexity index is 459. The van der Waals surface area contributed by atoms with Crippen LogP contribution < -0.4 is 5.32 Å². The lowest BCUT2D eigenvalue weighted by Crippen LogP contribution is -2.18. The lowest BCUT2D eigenvalue weighted by Gasteiger charge is -2.29. The van der Waals surface area contributed by atoms with Crippen LogP contribution in [0.15, 0.2) is 22.9 Å². The minimum atomic E-state index is 0.514. The monoisotopic (exact) mass is 389 g/mol. The Kier molecular flexibility index (Phi) is 12.9. The molecule has 2 aliphatic carbocycles. The lowest BCUT2D eigenvalue weighted by molar-refractivity contribution is 0.338. The highest BCUT2D eigenvalue weighted by Crippen LogP contribution is 2.37. The molecule has 0 aromatic carbocycles. The van der Waals surface area contributed by atoms with Gasteiger partial charge in [0.15, 0.2) is 0 Å². The van der Waals surface area contributed by atoms with Crippen LogP contribution in [-0.2, 0) is 0 Å². The van der Waals surface area contributed by atoms with E-state index >= 15 is 0 Å². The molecule has 0 spiro atoms. The van der Waals surface area contributed by atoms with Crippen molar-refractivity contribution in [2.24, 2.45) is 11.3 Å². The molecule has 0 saturated heterocycles. The maximum absolute atomic E-state index is 3.43. The predicted molar refractivity (Wildman–Crippen MR) is 128 cm³/mol. The van der Waals surface area contributed by atoms with E-state index in [9.17, 15) is 0 Å². The molecule has 1 N–H and O–H groups in total. The summed E-state index contributed by atoms with van der Waals surface area (Å²) in [5, 5.41) is 3.43. The van der Waals surface area contributed by atoms with E-state index in [4.69, 9.17) is 0 Å². The SMILES string of the molecule is CC/C(C)=C(/NC)C1CCCCCC1.CCCCC(C)(C=C1CCC1)CCC. The van der Waals surface area contributed by atoms with Crippen molar-refractivity contribution < 1.29 is 0 Å². The van der Waals surface area contributed by atoms with Crippen molar-refractivity contribution in [1.29, 1.82) is 0 Å². The first-order chi connectivity index (χ1) is 13.5. The van der Waals surface area contributed by atoms with Crippen LogP contribution in [0.4, 0.5) is 0 Å². The highest BCUT2D eigenvalue weighted by atomic mass is 14.8. The fraction of sp³-hybridized carbons (Fsp3) is 0.852. The van der Waals surface area contributed by atoms with Gasteiger partial charge in [0.25, 0.3) is 0 Å². The second-order valence-electron chi connectivity index (χ2n) is 9.65. The zero-order valence-corrected chi connectivity index (χ0v) is 20.3. The third-order valence-electron chi connectivity index (χ3n) is 6.99. The average molecular weight is 390 g/mol. The molecule has 2 rings (SSSR count). The van der Waals surface area contributed by atoms with E-state index in [1.54, 1.807) is 11.1 Å². The van der Waals surface area contributed by atoms with Crippen molar-refractivity contribution >= 4 is 0 Å². The Hall–Kier alpha value is -0.720. The number of hydrogen-bond acceptors (Lipinski definition) is 1. The second-order valence-corrected chi connectivity index (χ2v) is 9.65. The molecule has 0 aromatic heterocycles. The molecular weight excluding hydrogens is 338 g/mol. The van der Waals surface area contributed by atoms with Crippen molar-refractivity contribution in [1.82, 2.24) is 5.32 Å². The molecule has 0 radical (unpaired) electrons. The van der Waals surface area contributed by atoms with E-state index in [1.165, 1.54) is 102 Å². The standard InChI is InChI=1S/C14H26.C13H25N/c1-4-6-11-14(3,10-5-2)12-13-8-7-9-13;1-4-11(2)13(14-3)12-9-7-5-6-8-10-12/h12H,4-11H2,1-3H3;12,14H,4-10H2,1-3H3/b;13-11+. The highest BCUT2D eigenvalue weighted by Gasteiger charge is 2.22. The summed E-state index contributed by atoms with van der Waals surface area (Å²) >= 11 is 0. The smallest absolute Gasteiger partial charge is 0.0124 e. The third kappa shape index (κ3) is 9.19. The van der Waals surface area contributed by atoms with Gasteiger partial charge in [-0.05, 0) is 69.6 Å². The van der Waals surface area contributed by atoms with Gasteiger partial charge in [-0.25, -0.2) is 0 Å². The van der Waals surface area contributed by atoms with E-state index in [-0.39, 0.29) is 0 Å². The number of nitrogens with one attached hydrogen (secondary N) is 1. The normalized spacial score (nSPS) is 20.7. The largest absolute Gasteiger partial charge is 0.391 e. The summed E-state index contributed by atoms with van der Waals surface area (Å²) in [6.07, 6.45) is 23.3. The molecule has 0 amide bonds. The molecule has 0 aromatic rings. The van der Waals surface area contributed by atoms with Gasteiger partial charge in [0.1, 0.15) is 0 Å². The van der Waals surface area contributed by atoms with Gasteiger partial charge in [-0.15, -0.1) is 0 Å². The van der Waals surface area contributed by atoms with Crippen LogP contribution in [0.2, 0.25) is 0 Å². The summed E-state index contributed by atoms with van der Waals surface area (Å²) < 4.78 is 0. The maximum atomic E-state index is 3.43. The van der Waals surface area contributed by atoms with Crippen molar-refractivity contribution in [3.8, 4) is 0 Å². The molecule has 2 fully saturated rings. The summed E-state index contributed by atoms with van der Waals surface area (Å²) in [6, 6.07) is 0. The van der Waals surface area contributed by atoms with Gasteiger partial charge in [0, 0.05) is 12.7 Å². The zero-order valence-electron chi connectivity index (χ0n) is 20.3. The van der Waals surface area contributed by atoms with Crippen LogP contribution in [0.1, 0.15) is 131 Å². The fourth-order valence-corrected chi connectivity index (χ4v) is 4.96. The van der Waals surface area contributed by atoms with E-state index < -0.39 is 0 Å². The van der Waals surface area contributed by atoms with Gasteiger partial charge in [-0.1, -0.05) is 89.9 Å². The van der Waals surface area contributed by atoms with E-state index in [0.29, 0.717) is 5.41 Å². The first kappa shape index (κ1) is 25.3. The first-order valence-corrected chi connectivity index (χ1v) is 12.6. The zero-order chi connectivity index (χ0) is 20.8. The summed E-state index contributed by atoms with van der Waals surface area (Å²) in [4.78, 5) is 0. The minimum Gasteiger partial charge on any atom is -0.391 e. The van der Waals surface area contributed by atoms with Crippen LogP contribution in [0.25, 0.3) is 0 Å². The molecule has 0 bridgehead atoms. The van der Waals surface area contributed by atoms with Crippen LogP contribution in [0.5, 0.6) is 0 Å². The topological polar surface area (TPSA) is 12.0 Å². The maximum Gasteiger partial charge on any atom is 0.0124 e. The van der Waals surface area contributed by atoms with Crippen molar-refractivity contribution in [3.05, 3.63) is 22.9 Å². The fourth-order valence-electron chi connectivity index (χ4n) is 4.96. The van der Waals surface area contributed by atoms with Crippen molar-refractivity contribution in [2.75, 3.05) is 7.05 Å². The van der Waals surface area contributed by atoms with E-state index in [1.807, 2.05) is 0 Å². The van der Waals surface area contributed by atoms with E-state index in [2.05, 4.69) is 53.1 Å². The van der Waals surface area contributed by atoms with Gasteiger partial charge < -0.3 is 5.32 Å². The molecule has 2 saturated carbocycles. The van der Waals surface area contributed by atoms with Crippen LogP contribution in [0, 0.1) is 11.3 Å². The Morgan fingerprint density at radius 2 is 1.61 bits per heavy atom. The number of allylic oxidation sites excluding steroid dienone is 4. The summed E-state index contributed by atoms with van der Waals surface area (Å²) in [5.74, 6) is 0.822. The van der Waals surface area contributed by atoms with Gasteiger partial charge in [-0.3, -0.25) is 0 Å². The van der Waals surface area contributed by atoms with Crippen molar-refractivity contribution in [2.45, 2.75) is 131 Å². The number of hydrogen-bond donors (Lipinski definition) is 1. The first-order valence-electron chi connectivity index (χ1n) is 12.6. The molecule has 1 nitrogen and oxygen atoms in total. The van der Waals surface area contributed by atoms with Gasteiger partial charge >= 0.3 is 0 Å². The Balaban J connectivity index is 0.000000280. The summed E-state index contributed by atoms with van der Waals surface area (Å²) in [5.41, 5.74) is 5.34. The lowest BCUT2D eigenvalue weighted by atomic mass is 9.76. The number of unbranched alkanes of at least 4 members (excludes halogenated alkanes) is 1. The Morgan fingerprint density at radius 1 is 0.964 bits per heavy atom. The van der Waals surface area contributed by atoms with Gasteiger partial charge in [0.2, 0.25) is 0 Å².